The van der Waals surface area contributed by atoms with Crippen LogP contribution >= 0.6 is 0 Å². The molecule has 2 aromatic carbocycles. The largest absolute Gasteiger partial charge is 0.462 e. The summed E-state index contributed by atoms with van der Waals surface area (Å²) >= 11 is 0. The maximum Gasteiger partial charge on any atom is 0.345 e. The van der Waals surface area contributed by atoms with E-state index >= 15 is 0 Å². The highest BCUT2D eigenvalue weighted by Crippen LogP contribution is 2.21. The number of rotatable bonds is 18. The lowest BCUT2D eigenvalue weighted by atomic mass is 10.0. The van der Waals surface area contributed by atoms with Crippen molar-refractivity contribution in [2.75, 3.05) is 13.2 Å². The van der Waals surface area contributed by atoms with Crippen LogP contribution in [0.1, 0.15) is 96.5 Å². The van der Waals surface area contributed by atoms with Gasteiger partial charge in [-0.05, 0) is 35.6 Å². The molecule has 0 aliphatic carbocycles. The summed E-state index contributed by atoms with van der Waals surface area (Å²) in [6.07, 6.45) is 14.8. The maximum atomic E-state index is 12.8. The third kappa shape index (κ3) is 11.7. The zero-order valence-corrected chi connectivity index (χ0v) is 22.3. The zero-order chi connectivity index (χ0) is 25.8. The highest BCUT2D eigenvalue weighted by Gasteiger charge is 2.21. The number of hydrogen-bond acceptors (Lipinski definition) is 4. The van der Waals surface area contributed by atoms with Crippen molar-refractivity contribution in [1.29, 1.82) is 0 Å². The summed E-state index contributed by atoms with van der Waals surface area (Å²) in [7, 11) is 0. The highest BCUT2D eigenvalue weighted by molar-refractivity contribution is 6.17. The third-order valence-electron chi connectivity index (χ3n) is 6.23. The number of carbonyl (C=O) groups excluding carboxylic acids is 2. The smallest absolute Gasteiger partial charge is 0.345 e. The molecule has 0 aliphatic heterocycles. The van der Waals surface area contributed by atoms with Crippen LogP contribution in [-0.2, 0) is 19.1 Å². The van der Waals surface area contributed by atoms with Gasteiger partial charge in [0.25, 0.3) is 0 Å². The molecule has 0 saturated carbocycles. The van der Waals surface area contributed by atoms with E-state index in [9.17, 15) is 9.59 Å². The molecule has 0 atom stereocenters. The Kier molecular flexibility index (Phi) is 15.0. The molecular weight excluding hydrogens is 448 g/mol. The van der Waals surface area contributed by atoms with Gasteiger partial charge >= 0.3 is 11.9 Å². The van der Waals surface area contributed by atoms with E-state index in [-0.39, 0.29) is 5.57 Å². The lowest BCUT2D eigenvalue weighted by molar-refractivity contribution is -0.147. The zero-order valence-electron chi connectivity index (χ0n) is 22.3. The van der Waals surface area contributed by atoms with Crippen molar-refractivity contribution < 1.29 is 19.1 Å². The summed E-state index contributed by atoms with van der Waals surface area (Å²) < 4.78 is 10.9. The summed E-state index contributed by atoms with van der Waals surface area (Å²) in [5.74, 6) is -1.22. The Balaban J connectivity index is 1.98. The van der Waals surface area contributed by atoms with Gasteiger partial charge in [-0.15, -0.1) is 0 Å². The normalized spacial score (nSPS) is 10.6. The number of ether oxygens (including phenoxy) is 2. The van der Waals surface area contributed by atoms with Crippen LogP contribution in [0.25, 0.3) is 17.2 Å². The minimum Gasteiger partial charge on any atom is -0.462 e. The molecular formula is C32H44O4. The number of unbranched alkanes of at least 4 members (excludes halogenated alkanes) is 10. The van der Waals surface area contributed by atoms with Gasteiger partial charge < -0.3 is 9.47 Å². The molecule has 0 saturated heterocycles. The Morgan fingerprint density at radius 2 is 1.03 bits per heavy atom. The van der Waals surface area contributed by atoms with Gasteiger partial charge in [-0.2, -0.15) is 0 Å². The van der Waals surface area contributed by atoms with E-state index in [0.29, 0.717) is 13.2 Å². The van der Waals surface area contributed by atoms with Crippen LogP contribution in [0, 0.1) is 0 Å². The van der Waals surface area contributed by atoms with Crippen LogP contribution in [0.3, 0.4) is 0 Å². The Bertz CT molecular complexity index is 868. The molecule has 2 aromatic rings. The van der Waals surface area contributed by atoms with Crippen molar-refractivity contribution in [2.45, 2.75) is 90.9 Å². The predicted octanol–water partition coefficient (Wildman–Crippen LogP) is 8.54. The second kappa shape index (κ2) is 18.4. The molecule has 0 spiro atoms. The predicted molar refractivity (Wildman–Crippen MR) is 149 cm³/mol. The van der Waals surface area contributed by atoms with Crippen LogP contribution in [-0.4, -0.2) is 25.2 Å². The Morgan fingerprint density at radius 3 is 1.53 bits per heavy atom. The highest BCUT2D eigenvalue weighted by atomic mass is 16.6. The summed E-state index contributed by atoms with van der Waals surface area (Å²) in [4.78, 5) is 25.7. The molecule has 0 heterocycles. The topological polar surface area (TPSA) is 52.6 Å². The number of esters is 2. The molecule has 0 radical (unpaired) electrons. The standard InChI is InChI=1S/C32H44O4/c1-3-5-7-9-11-16-24-35-31(33)30(32(34)36-25-17-12-10-8-6-4-2)26-27-20-22-29(23-21-27)28-18-14-13-15-19-28/h13-15,18-23,26H,3-12,16-17,24-25H2,1-2H3. The summed E-state index contributed by atoms with van der Waals surface area (Å²) in [5.41, 5.74) is 2.91. The van der Waals surface area contributed by atoms with Crippen LogP contribution in [0.4, 0.5) is 0 Å². The van der Waals surface area contributed by atoms with Crippen molar-refractivity contribution in [3.05, 3.63) is 65.7 Å². The van der Waals surface area contributed by atoms with E-state index in [2.05, 4.69) is 26.0 Å². The van der Waals surface area contributed by atoms with E-state index in [1.165, 1.54) is 38.5 Å². The fourth-order valence-corrected chi connectivity index (χ4v) is 4.02. The molecule has 4 nitrogen and oxygen atoms in total. The van der Waals surface area contributed by atoms with Crippen molar-refractivity contribution in [2.24, 2.45) is 0 Å². The van der Waals surface area contributed by atoms with Crippen molar-refractivity contribution >= 4 is 18.0 Å². The fourth-order valence-electron chi connectivity index (χ4n) is 4.02. The Hall–Kier alpha value is -2.88. The molecule has 0 N–H and O–H groups in total. The first-order valence-corrected chi connectivity index (χ1v) is 13.9. The first kappa shape index (κ1) is 29.4. The van der Waals surface area contributed by atoms with E-state index in [1.54, 1.807) is 6.08 Å². The van der Waals surface area contributed by atoms with Gasteiger partial charge in [-0.25, -0.2) is 9.59 Å². The molecule has 36 heavy (non-hydrogen) atoms. The van der Waals surface area contributed by atoms with E-state index in [0.717, 1.165) is 55.2 Å². The third-order valence-corrected chi connectivity index (χ3v) is 6.23. The van der Waals surface area contributed by atoms with E-state index in [1.807, 2.05) is 42.5 Å². The molecule has 0 aromatic heterocycles. The molecule has 2 rings (SSSR count). The number of carbonyl (C=O) groups is 2. The first-order chi connectivity index (χ1) is 17.7. The second-order valence-corrected chi connectivity index (χ2v) is 9.35. The molecule has 196 valence electrons. The Morgan fingerprint density at radius 1 is 0.583 bits per heavy atom. The summed E-state index contributed by atoms with van der Waals surface area (Å²) in [6, 6.07) is 17.9. The molecule has 0 fully saturated rings. The van der Waals surface area contributed by atoms with Crippen molar-refractivity contribution in [1.82, 2.24) is 0 Å². The van der Waals surface area contributed by atoms with Gasteiger partial charge in [-0.3, -0.25) is 0 Å². The lowest BCUT2D eigenvalue weighted by Crippen LogP contribution is -2.19. The summed E-state index contributed by atoms with van der Waals surface area (Å²) in [6.45, 7) is 5.02. The minimum absolute atomic E-state index is 0.0422. The van der Waals surface area contributed by atoms with Crippen LogP contribution in [0.2, 0.25) is 0 Å². The number of hydrogen-bond donors (Lipinski definition) is 0. The monoisotopic (exact) mass is 492 g/mol. The van der Waals surface area contributed by atoms with Crippen LogP contribution < -0.4 is 0 Å². The van der Waals surface area contributed by atoms with E-state index < -0.39 is 11.9 Å². The second-order valence-electron chi connectivity index (χ2n) is 9.35. The molecule has 0 amide bonds. The average Bonchev–Trinajstić information content (AvgIpc) is 2.91. The van der Waals surface area contributed by atoms with Gasteiger partial charge in [-0.1, -0.05) is 133 Å². The molecule has 0 aliphatic rings. The van der Waals surface area contributed by atoms with Gasteiger partial charge in [0.2, 0.25) is 0 Å². The quantitative estimate of drug-likeness (QED) is 0.0688. The minimum atomic E-state index is -0.608. The molecule has 4 heteroatoms. The summed E-state index contributed by atoms with van der Waals surface area (Å²) in [5, 5.41) is 0. The van der Waals surface area contributed by atoms with Crippen LogP contribution in [0.15, 0.2) is 60.2 Å². The molecule has 0 bridgehead atoms. The van der Waals surface area contributed by atoms with Crippen LogP contribution in [0.5, 0.6) is 0 Å². The van der Waals surface area contributed by atoms with Crippen molar-refractivity contribution in [3.63, 3.8) is 0 Å². The van der Waals surface area contributed by atoms with Gasteiger partial charge in [0.1, 0.15) is 5.57 Å². The van der Waals surface area contributed by atoms with Gasteiger partial charge in [0.05, 0.1) is 13.2 Å². The number of benzene rings is 2. The SMILES string of the molecule is CCCCCCCCOC(=O)C(=Cc1ccc(-c2ccccc2)cc1)C(=O)OCCCCCCCC. The lowest BCUT2D eigenvalue weighted by Gasteiger charge is -2.10. The fraction of sp³-hybridized carbons (Fsp3) is 0.500. The van der Waals surface area contributed by atoms with Crippen molar-refractivity contribution in [3.8, 4) is 11.1 Å². The maximum absolute atomic E-state index is 12.8. The van der Waals surface area contributed by atoms with Gasteiger partial charge in [0, 0.05) is 0 Å². The molecule has 0 unspecified atom stereocenters. The average molecular weight is 493 g/mol. The Labute approximate surface area is 218 Å². The van der Waals surface area contributed by atoms with Gasteiger partial charge in [0.15, 0.2) is 0 Å². The van der Waals surface area contributed by atoms with E-state index in [4.69, 9.17) is 9.47 Å². The first-order valence-electron chi connectivity index (χ1n) is 13.9.